The van der Waals surface area contributed by atoms with Gasteiger partial charge >= 0.3 is 5.97 Å². The van der Waals surface area contributed by atoms with E-state index in [1.54, 1.807) is 12.1 Å². The van der Waals surface area contributed by atoms with Crippen LogP contribution in [-0.2, 0) is 6.54 Å². The van der Waals surface area contributed by atoms with Gasteiger partial charge in [-0.15, -0.1) is 0 Å². The number of aromatic carboxylic acids is 1. The standard InChI is InChI=1S/C15H19NO3/c1-9(2)13-8-12(15(18)19)7-11-6-10(3)16(4-5-17)14(11)13/h6-9,17H,4-5H2,1-3H3,(H,18,19). The fraction of sp³-hybridized carbons (Fsp3) is 0.400. The molecule has 0 amide bonds. The Morgan fingerprint density at radius 1 is 1.32 bits per heavy atom. The monoisotopic (exact) mass is 261 g/mol. The molecule has 0 atom stereocenters. The molecular formula is C15H19NO3. The fourth-order valence-electron chi connectivity index (χ4n) is 2.53. The number of nitrogens with zero attached hydrogens (tertiary/aromatic N) is 1. The van der Waals surface area contributed by atoms with E-state index in [9.17, 15) is 15.0 Å². The number of aromatic nitrogens is 1. The minimum Gasteiger partial charge on any atom is -0.478 e. The zero-order valence-corrected chi connectivity index (χ0v) is 11.5. The lowest BCUT2D eigenvalue weighted by molar-refractivity contribution is 0.0697. The number of aryl methyl sites for hydroxylation is 1. The summed E-state index contributed by atoms with van der Waals surface area (Å²) in [5.74, 6) is -0.676. The van der Waals surface area contributed by atoms with Gasteiger partial charge in [0.25, 0.3) is 0 Å². The van der Waals surface area contributed by atoms with Crippen LogP contribution in [0.15, 0.2) is 18.2 Å². The second-order valence-corrected chi connectivity index (χ2v) is 5.12. The molecule has 0 spiro atoms. The zero-order valence-electron chi connectivity index (χ0n) is 11.5. The third-order valence-electron chi connectivity index (χ3n) is 3.42. The van der Waals surface area contributed by atoms with Gasteiger partial charge in [-0.05, 0) is 36.6 Å². The normalized spacial score (nSPS) is 11.4. The van der Waals surface area contributed by atoms with E-state index in [1.165, 1.54) is 0 Å². The Labute approximate surface area is 112 Å². The molecule has 2 N–H and O–H groups in total. The molecule has 4 heteroatoms. The molecule has 0 saturated carbocycles. The van der Waals surface area contributed by atoms with Crippen LogP contribution in [0.25, 0.3) is 10.9 Å². The van der Waals surface area contributed by atoms with E-state index >= 15 is 0 Å². The lowest BCUT2D eigenvalue weighted by Crippen LogP contribution is -2.07. The molecule has 0 aliphatic carbocycles. The molecule has 1 heterocycles. The summed E-state index contributed by atoms with van der Waals surface area (Å²) in [5.41, 5.74) is 3.40. The van der Waals surface area contributed by atoms with Gasteiger partial charge in [-0.25, -0.2) is 4.79 Å². The molecule has 1 aromatic carbocycles. The van der Waals surface area contributed by atoms with Gasteiger partial charge in [-0.3, -0.25) is 0 Å². The number of rotatable bonds is 4. The Hall–Kier alpha value is -1.81. The van der Waals surface area contributed by atoms with E-state index in [4.69, 9.17) is 0 Å². The molecule has 0 radical (unpaired) electrons. The number of hydrogen-bond acceptors (Lipinski definition) is 2. The first-order valence-electron chi connectivity index (χ1n) is 6.43. The van der Waals surface area contributed by atoms with Crippen LogP contribution in [0.3, 0.4) is 0 Å². The minimum absolute atomic E-state index is 0.0723. The SMILES string of the molecule is Cc1cc2cc(C(=O)O)cc(C(C)C)c2n1CCO. The highest BCUT2D eigenvalue weighted by molar-refractivity contribution is 5.95. The largest absolute Gasteiger partial charge is 0.478 e. The first-order chi connectivity index (χ1) is 8.95. The smallest absolute Gasteiger partial charge is 0.335 e. The first kappa shape index (κ1) is 13.6. The highest BCUT2D eigenvalue weighted by Gasteiger charge is 2.16. The third-order valence-corrected chi connectivity index (χ3v) is 3.42. The van der Waals surface area contributed by atoms with Crippen molar-refractivity contribution in [2.45, 2.75) is 33.2 Å². The average molecular weight is 261 g/mol. The van der Waals surface area contributed by atoms with Gasteiger partial charge in [-0.2, -0.15) is 0 Å². The summed E-state index contributed by atoms with van der Waals surface area (Å²) in [4.78, 5) is 11.2. The van der Waals surface area contributed by atoms with Gasteiger partial charge in [0.1, 0.15) is 0 Å². The van der Waals surface area contributed by atoms with Gasteiger partial charge < -0.3 is 14.8 Å². The minimum atomic E-state index is -0.906. The van der Waals surface area contributed by atoms with Crippen LogP contribution in [0.1, 0.15) is 41.4 Å². The van der Waals surface area contributed by atoms with Crippen molar-refractivity contribution in [1.82, 2.24) is 4.57 Å². The van der Waals surface area contributed by atoms with Crippen molar-refractivity contribution in [3.05, 3.63) is 35.0 Å². The van der Waals surface area contributed by atoms with Crippen molar-refractivity contribution < 1.29 is 15.0 Å². The van der Waals surface area contributed by atoms with Gasteiger partial charge in [-0.1, -0.05) is 13.8 Å². The van der Waals surface area contributed by atoms with Crippen LogP contribution < -0.4 is 0 Å². The summed E-state index contributed by atoms with van der Waals surface area (Å²) >= 11 is 0. The highest BCUT2D eigenvalue weighted by atomic mass is 16.4. The molecule has 0 unspecified atom stereocenters. The van der Waals surface area contributed by atoms with Crippen LogP contribution in [0.4, 0.5) is 0 Å². The number of aliphatic hydroxyl groups excluding tert-OH is 1. The van der Waals surface area contributed by atoms with Crippen molar-refractivity contribution in [2.75, 3.05) is 6.61 Å². The van der Waals surface area contributed by atoms with Crippen molar-refractivity contribution in [3.8, 4) is 0 Å². The number of fused-ring (bicyclic) bond motifs is 1. The molecule has 0 bridgehead atoms. The quantitative estimate of drug-likeness (QED) is 0.889. The predicted octanol–water partition coefficient (Wildman–Crippen LogP) is 2.76. The van der Waals surface area contributed by atoms with Crippen molar-refractivity contribution in [2.24, 2.45) is 0 Å². The number of carboxylic acids is 1. The zero-order chi connectivity index (χ0) is 14.2. The summed E-state index contributed by atoms with van der Waals surface area (Å²) < 4.78 is 2.05. The van der Waals surface area contributed by atoms with Crippen LogP contribution >= 0.6 is 0 Å². The van der Waals surface area contributed by atoms with Gasteiger partial charge in [0.05, 0.1) is 17.7 Å². The topological polar surface area (TPSA) is 62.5 Å². The van der Waals surface area contributed by atoms with E-state index in [2.05, 4.69) is 4.57 Å². The van der Waals surface area contributed by atoms with E-state index in [-0.39, 0.29) is 12.5 Å². The van der Waals surface area contributed by atoms with Crippen molar-refractivity contribution in [3.63, 3.8) is 0 Å². The van der Waals surface area contributed by atoms with E-state index < -0.39 is 5.97 Å². The number of benzene rings is 1. The molecular weight excluding hydrogens is 242 g/mol. The van der Waals surface area contributed by atoms with Gasteiger partial charge in [0, 0.05) is 17.6 Å². The molecule has 1 aromatic heterocycles. The highest BCUT2D eigenvalue weighted by Crippen LogP contribution is 2.30. The predicted molar refractivity (Wildman–Crippen MR) is 74.8 cm³/mol. The van der Waals surface area contributed by atoms with Gasteiger partial charge in [0.15, 0.2) is 0 Å². The summed E-state index contributed by atoms with van der Waals surface area (Å²) in [7, 11) is 0. The molecule has 19 heavy (non-hydrogen) atoms. The van der Waals surface area contributed by atoms with E-state index in [1.807, 2.05) is 26.8 Å². The lowest BCUT2D eigenvalue weighted by Gasteiger charge is -2.14. The Morgan fingerprint density at radius 2 is 2.00 bits per heavy atom. The third kappa shape index (κ3) is 2.36. The number of carbonyl (C=O) groups is 1. The average Bonchev–Trinajstić information content (AvgIpc) is 2.65. The molecule has 0 aliphatic heterocycles. The Balaban J connectivity index is 2.79. The first-order valence-corrected chi connectivity index (χ1v) is 6.43. The maximum absolute atomic E-state index is 11.2. The van der Waals surface area contributed by atoms with Crippen LogP contribution in [-0.4, -0.2) is 27.4 Å². The Morgan fingerprint density at radius 3 is 2.53 bits per heavy atom. The van der Waals surface area contributed by atoms with Gasteiger partial charge in [0.2, 0.25) is 0 Å². The molecule has 0 fully saturated rings. The number of carboxylic acid groups (broad SMARTS) is 1. The van der Waals surface area contributed by atoms with Crippen LogP contribution in [0.2, 0.25) is 0 Å². The summed E-state index contributed by atoms with van der Waals surface area (Å²) in [6, 6.07) is 5.41. The van der Waals surface area contributed by atoms with Crippen LogP contribution in [0, 0.1) is 6.92 Å². The van der Waals surface area contributed by atoms with E-state index in [0.29, 0.717) is 12.1 Å². The molecule has 4 nitrogen and oxygen atoms in total. The Bertz CT molecular complexity index is 626. The molecule has 2 aromatic rings. The molecule has 2 rings (SSSR count). The van der Waals surface area contributed by atoms with Crippen molar-refractivity contribution in [1.29, 1.82) is 0 Å². The molecule has 102 valence electrons. The second-order valence-electron chi connectivity index (χ2n) is 5.12. The molecule has 0 saturated heterocycles. The van der Waals surface area contributed by atoms with Crippen LogP contribution in [0.5, 0.6) is 0 Å². The summed E-state index contributed by atoms with van der Waals surface area (Å²) in [5, 5.41) is 19.3. The fourth-order valence-corrected chi connectivity index (χ4v) is 2.53. The maximum Gasteiger partial charge on any atom is 0.335 e. The molecule has 0 aliphatic rings. The maximum atomic E-state index is 11.2. The summed E-state index contributed by atoms with van der Waals surface area (Å²) in [6.07, 6.45) is 0. The van der Waals surface area contributed by atoms with E-state index in [0.717, 1.165) is 22.2 Å². The number of hydrogen-bond donors (Lipinski definition) is 2. The van der Waals surface area contributed by atoms with Crippen molar-refractivity contribution >= 4 is 16.9 Å². The lowest BCUT2D eigenvalue weighted by atomic mass is 9.97. The second kappa shape index (κ2) is 5.05. The summed E-state index contributed by atoms with van der Waals surface area (Å²) in [6.45, 7) is 6.67. The number of aliphatic hydroxyl groups is 1. The Kier molecular flexibility index (Phi) is 3.62.